The van der Waals surface area contributed by atoms with Gasteiger partial charge in [-0.05, 0) is 34.2 Å². The second kappa shape index (κ2) is 7.97. The maximum Gasteiger partial charge on any atom is 0.329 e. The number of ether oxygens (including phenoxy) is 2. The van der Waals surface area contributed by atoms with E-state index in [0.717, 1.165) is 11.3 Å². The Morgan fingerprint density at radius 3 is 1.96 bits per heavy atom. The SMILES string of the molecule is CC(C)(C)c1ccc(-c2ccc(OCCOCC(=O)O)cc2)cc1. The lowest BCUT2D eigenvalue weighted by Gasteiger charge is -2.19. The van der Waals surface area contributed by atoms with E-state index in [1.165, 1.54) is 11.1 Å². The average molecular weight is 328 g/mol. The third-order valence-corrected chi connectivity index (χ3v) is 3.66. The number of hydrogen-bond acceptors (Lipinski definition) is 3. The Kier molecular flexibility index (Phi) is 5.99. The van der Waals surface area contributed by atoms with Gasteiger partial charge >= 0.3 is 5.97 Å². The van der Waals surface area contributed by atoms with E-state index in [1.807, 2.05) is 24.3 Å². The molecule has 0 heterocycles. The van der Waals surface area contributed by atoms with Gasteiger partial charge in [-0.15, -0.1) is 0 Å². The maximum absolute atomic E-state index is 10.3. The summed E-state index contributed by atoms with van der Waals surface area (Å²) in [5, 5.41) is 8.46. The van der Waals surface area contributed by atoms with Crippen molar-refractivity contribution >= 4 is 5.97 Å². The molecular formula is C20H24O4. The minimum absolute atomic E-state index is 0.152. The van der Waals surface area contributed by atoms with Crippen molar-refractivity contribution < 1.29 is 19.4 Å². The van der Waals surface area contributed by atoms with Crippen LogP contribution >= 0.6 is 0 Å². The molecule has 0 bridgehead atoms. The standard InChI is InChI=1S/C20H24O4/c1-20(2,3)17-8-4-15(5-9-17)16-6-10-18(11-7-16)24-13-12-23-14-19(21)22/h4-11H,12-14H2,1-3H3,(H,21,22). The Balaban J connectivity index is 1.91. The molecule has 0 radical (unpaired) electrons. The second-order valence-corrected chi connectivity index (χ2v) is 6.65. The van der Waals surface area contributed by atoms with Crippen LogP contribution in [0.4, 0.5) is 0 Å². The van der Waals surface area contributed by atoms with E-state index in [2.05, 4.69) is 45.0 Å². The largest absolute Gasteiger partial charge is 0.491 e. The minimum Gasteiger partial charge on any atom is -0.491 e. The molecule has 4 heteroatoms. The summed E-state index contributed by atoms with van der Waals surface area (Å²) in [6.07, 6.45) is 0. The molecule has 0 atom stereocenters. The summed E-state index contributed by atoms with van der Waals surface area (Å²) in [7, 11) is 0. The molecule has 0 aliphatic rings. The van der Waals surface area contributed by atoms with Crippen LogP contribution in [-0.4, -0.2) is 30.9 Å². The van der Waals surface area contributed by atoms with E-state index in [0.29, 0.717) is 6.61 Å². The van der Waals surface area contributed by atoms with Gasteiger partial charge in [-0.25, -0.2) is 4.79 Å². The first-order valence-corrected chi connectivity index (χ1v) is 7.99. The van der Waals surface area contributed by atoms with Crippen molar-refractivity contribution in [1.82, 2.24) is 0 Å². The molecule has 4 nitrogen and oxygen atoms in total. The zero-order valence-electron chi connectivity index (χ0n) is 14.4. The summed E-state index contributed by atoms with van der Waals surface area (Å²) in [6, 6.07) is 16.4. The number of rotatable bonds is 7. The zero-order chi connectivity index (χ0) is 17.6. The van der Waals surface area contributed by atoms with Crippen LogP contribution in [0.25, 0.3) is 11.1 Å². The predicted molar refractivity (Wildman–Crippen MR) is 94.5 cm³/mol. The molecule has 0 spiro atoms. The lowest BCUT2D eigenvalue weighted by atomic mass is 9.86. The van der Waals surface area contributed by atoms with Crippen molar-refractivity contribution in [3.05, 3.63) is 54.1 Å². The van der Waals surface area contributed by atoms with E-state index >= 15 is 0 Å². The molecule has 0 fully saturated rings. The molecule has 0 unspecified atom stereocenters. The Morgan fingerprint density at radius 2 is 1.46 bits per heavy atom. The molecule has 0 amide bonds. The molecule has 2 rings (SSSR count). The van der Waals surface area contributed by atoms with Gasteiger partial charge in [0.15, 0.2) is 0 Å². The van der Waals surface area contributed by atoms with Crippen LogP contribution in [0.3, 0.4) is 0 Å². The van der Waals surface area contributed by atoms with Crippen LogP contribution in [0.5, 0.6) is 5.75 Å². The summed E-state index contributed by atoms with van der Waals surface area (Å²) in [5.41, 5.74) is 3.76. The normalized spacial score (nSPS) is 11.3. The highest BCUT2D eigenvalue weighted by atomic mass is 16.5. The van der Waals surface area contributed by atoms with Crippen LogP contribution in [0.2, 0.25) is 0 Å². The maximum atomic E-state index is 10.3. The second-order valence-electron chi connectivity index (χ2n) is 6.65. The third kappa shape index (κ3) is 5.39. The smallest absolute Gasteiger partial charge is 0.329 e. The van der Waals surface area contributed by atoms with Crippen molar-refractivity contribution in [2.45, 2.75) is 26.2 Å². The lowest BCUT2D eigenvalue weighted by molar-refractivity contribution is -0.142. The molecule has 0 aliphatic heterocycles. The van der Waals surface area contributed by atoms with E-state index in [1.54, 1.807) is 0 Å². The summed E-state index contributed by atoms with van der Waals surface area (Å²) in [5.74, 6) is -0.235. The summed E-state index contributed by atoms with van der Waals surface area (Å²) in [4.78, 5) is 10.3. The quantitative estimate of drug-likeness (QED) is 0.776. The third-order valence-electron chi connectivity index (χ3n) is 3.66. The number of hydrogen-bond donors (Lipinski definition) is 1. The van der Waals surface area contributed by atoms with Crippen molar-refractivity contribution in [2.75, 3.05) is 19.8 Å². The topological polar surface area (TPSA) is 55.8 Å². The predicted octanol–water partition coefficient (Wildman–Crippen LogP) is 4.13. The fourth-order valence-corrected chi connectivity index (χ4v) is 2.28. The van der Waals surface area contributed by atoms with Crippen molar-refractivity contribution in [3.8, 4) is 16.9 Å². The van der Waals surface area contributed by atoms with Gasteiger partial charge < -0.3 is 14.6 Å². The highest BCUT2D eigenvalue weighted by molar-refractivity contribution is 5.68. The molecule has 2 aromatic carbocycles. The molecule has 0 aliphatic carbocycles. The van der Waals surface area contributed by atoms with Crippen molar-refractivity contribution in [3.63, 3.8) is 0 Å². The van der Waals surface area contributed by atoms with Gasteiger partial charge in [0.2, 0.25) is 0 Å². The Morgan fingerprint density at radius 1 is 0.917 bits per heavy atom. The van der Waals surface area contributed by atoms with Crippen LogP contribution in [0, 0.1) is 0 Å². The highest BCUT2D eigenvalue weighted by Crippen LogP contribution is 2.27. The molecule has 1 N–H and O–H groups in total. The van der Waals surface area contributed by atoms with Gasteiger partial charge in [0.05, 0.1) is 6.61 Å². The first-order valence-electron chi connectivity index (χ1n) is 7.99. The molecular weight excluding hydrogens is 304 g/mol. The molecule has 2 aromatic rings. The summed E-state index contributed by atoms with van der Waals surface area (Å²) in [6.45, 7) is 6.89. The highest BCUT2D eigenvalue weighted by Gasteiger charge is 2.13. The summed E-state index contributed by atoms with van der Waals surface area (Å²) >= 11 is 0. The van der Waals surface area contributed by atoms with Gasteiger partial charge in [-0.1, -0.05) is 57.2 Å². The van der Waals surface area contributed by atoms with Crippen LogP contribution in [0.15, 0.2) is 48.5 Å². The van der Waals surface area contributed by atoms with Crippen LogP contribution < -0.4 is 4.74 Å². The van der Waals surface area contributed by atoms with Gasteiger partial charge in [-0.3, -0.25) is 0 Å². The van der Waals surface area contributed by atoms with Gasteiger partial charge in [0, 0.05) is 0 Å². The number of carboxylic acids is 1. The van der Waals surface area contributed by atoms with Crippen molar-refractivity contribution in [2.24, 2.45) is 0 Å². The fraction of sp³-hybridized carbons (Fsp3) is 0.350. The molecule has 0 aromatic heterocycles. The number of carboxylic acid groups (broad SMARTS) is 1. The molecule has 0 saturated heterocycles. The monoisotopic (exact) mass is 328 g/mol. The van der Waals surface area contributed by atoms with Gasteiger partial charge in [0.25, 0.3) is 0 Å². The number of carbonyl (C=O) groups is 1. The first kappa shape index (κ1) is 18.0. The Bertz CT molecular complexity index is 652. The minimum atomic E-state index is -0.975. The Hall–Kier alpha value is -2.33. The average Bonchev–Trinajstić information content (AvgIpc) is 2.54. The van der Waals surface area contributed by atoms with Gasteiger partial charge in [0.1, 0.15) is 19.0 Å². The molecule has 24 heavy (non-hydrogen) atoms. The summed E-state index contributed by atoms with van der Waals surface area (Å²) < 4.78 is 10.4. The number of benzene rings is 2. The van der Waals surface area contributed by atoms with Crippen molar-refractivity contribution in [1.29, 1.82) is 0 Å². The molecule has 128 valence electrons. The van der Waals surface area contributed by atoms with E-state index in [4.69, 9.17) is 14.6 Å². The zero-order valence-corrected chi connectivity index (χ0v) is 14.4. The van der Waals surface area contributed by atoms with Gasteiger partial charge in [-0.2, -0.15) is 0 Å². The fourth-order valence-electron chi connectivity index (χ4n) is 2.28. The first-order chi connectivity index (χ1) is 11.4. The lowest BCUT2D eigenvalue weighted by Crippen LogP contribution is -2.12. The van der Waals surface area contributed by atoms with Crippen LogP contribution in [-0.2, 0) is 14.9 Å². The molecule has 0 saturated carbocycles. The Labute approximate surface area is 143 Å². The van der Waals surface area contributed by atoms with E-state index in [-0.39, 0.29) is 18.6 Å². The van der Waals surface area contributed by atoms with Crippen LogP contribution in [0.1, 0.15) is 26.3 Å². The van der Waals surface area contributed by atoms with E-state index < -0.39 is 5.97 Å². The van der Waals surface area contributed by atoms with E-state index in [9.17, 15) is 4.79 Å². The number of aliphatic carboxylic acids is 1.